The molecule has 0 saturated heterocycles. The number of imidazole rings is 1. The maximum atomic E-state index is 12.7. The van der Waals surface area contributed by atoms with Gasteiger partial charge in [0.05, 0.1) is 17.8 Å². The molecule has 0 saturated carbocycles. The third-order valence-corrected chi connectivity index (χ3v) is 5.01. The van der Waals surface area contributed by atoms with E-state index in [1.165, 1.54) is 0 Å². The van der Waals surface area contributed by atoms with E-state index in [9.17, 15) is 4.79 Å². The van der Waals surface area contributed by atoms with Crippen LogP contribution in [0.3, 0.4) is 0 Å². The lowest BCUT2D eigenvalue weighted by Crippen LogP contribution is -2.10. The van der Waals surface area contributed by atoms with E-state index in [1.54, 1.807) is 0 Å². The molecular weight excluding hydrogens is 340 g/mol. The van der Waals surface area contributed by atoms with E-state index >= 15 is 0 Å². The molecule has 0 unspecified atom stereocenters. The Kier molecular flexibility index (Phi) is 3.81. The van der Waals surface area contributed by atoms with Gasteiger partial charge in [0.15, 0.2) is 11.5 Å². The zero-order valence-corrected chi connectivity index (χ0v) is 14.8. The Morgan fingerprint density at radius 2 is 1.93 bits per heavy atom. The fourth-order valence-electron chi connectivity index (χ4n) is 3.61. The minimum atomic E-state index is -0.0476. The van der Waals surface area contributed by atoms with Crippen molar-refractivity contribution in [3.8, 4) is 11.3 Å². The number of fused-ring (bicyclic) bond motifs is 2. The van der Waals surface area contributed by atoms with Gasteiger partial charge in [-0.15, -0.1) is 0 Å². The van der Waals surface area contributed by atoms with Crippen LogP contribution in [0.4, 0.5) is 0 Å². The van der Waals surface area contributed by atoms with Crippen molar-refractivity contribution in [3.63, 3.8) is 0 Å². The molecule has 0 radical (unpaired) electrons. The molecule has 0 atom stereocenters. The Morgan fingerprint density at radius 1 is 1.07 bits per heavy atom. The summed E-state index contributed by atoms with van der Waals surface area (Å²) in [5.41, 5.74) is 4.04. The number of nitrogens with zero attached hydrogens (tertiary/aromatic N) is 4. The fraction of sp³-hybridized carbons (Fsp3) is 0.238. The molecule has 6 nitrogen and oxygen atoms in total. The normalized spacial score (nSPS) is 13.6. The number of carbonyl (C=O) groups excluding carboxylic acids is 1. The summed E-state index contributed by atoms with van der Waals surface area (Å²) in [5, 5.41) is 4.03. The summed E-state index contributed by atoms with van der Waals surface area (Å²) in [6.45, 7) is 0. The number of aryl methyl sites for hydroxylation is 1. The minimum absolute atomic E-state index is 0.0476. The monoisotopic (exact) mass is 358 g/mol. The van der Waals surface area contributed by atoms with E-state index in [-0.39, 0.29) is 12.2 Å². The van der Waals surface area contributed by atoms with Gasteiger partial charge in [-0.2, -0.15) is 0 Å². The predicted molar refractivity (Wildman–Crippen MR) is 99.6 cm³/mol. The van der Waals surface area contributed by atoms with Crippen LogP contribution in [0.15, 0.2) is 53.3 Å². The lowest BCUT2D eigenvalue weighted by Gasteiger charge is -2.08. The van der Waals surface area contributed by atoms with Gasteiger partial charge in [-0.05, 0) is 25.3 Å². The van der Waals surface area contributed by atoms with Crippen LogP contribution >= 0.6 is 0 Å². The third kappa shape index (κ3) is 2.93. The summed E-state index contributed by atoms with van der Waals surface area (Å²) in [4.78, 5) is 21.9. The highest BCUT2D eigenvalue weighted by Gasteiger charge is 2.24. The van der Waals surface area contributed by atoms with Crippen molar-refractivity contribution < 1.29 is 9.32 Å². The van der Waals surface area contributed by atoms with E-state index < -0.39 is 0 Å². The second-order valence-electron chi connectivity index (χ2n) is 6.86. The average Bonchev–Trinajstić information content (AvgIpc) is 3.32. The Hall–Kier alpha value is -3.28. The number of carbonyl (C=O) groups is 1. The van der Waals surface area contributed by atoms with Gasteiger partial charge in [0, 0.05) is 29.9 Å². The first-order chi connectivity index (χ1) is 13.3. The Labute approximate surface area is 155 Å². The van der Waals surface area contributed by atoms with Crippen LogP contribution in [0, 0.1) is 0 Å². The molecule has 0 amide bonds. The number of hydrogen-bond donors (Lipinski definition) is 0. The second kappa shape index (κ2) is 6.46. The second-order valence-corrected chi connectivity index (χ2v) is 6.86. The molecule has 6 heteroatoms. The molecule has 4 aromatic rings. The Bertz CT molecular complexity index is 1130. The molecule has 1 aliphatic carbocycles. The molecule has 1 aliphatic rings. The van der Waals surface area contributed by atoms with E-state index in [0.29, 0.717) is 17.2 Å². The predicted octanol–water partition coefficient (Wildman–Crippen LogP) is 3.69. The average molecular weight is 358 g/mol. The summed E-state index contributed by atoms with van der Waals surface area (Å²) in [7, 11) is 0. The topological polar surface area (TPSA) is 73.3 Å². The SMILES string of the molecule is O=C(Cc1ccn2cc(-c3ccccc3)nc2n1)c1noc2c1CCCC2. The van der Waals surface area contributed by atoms with Gasteiger partial charge in [0.2, 0.25) is 5.78 Å². The number of ketones is 1. The minimum Gasteiger partial charge on any atom is -0.360 e. The highest BCUT2D eigenvalue weighted by atomic mass is 16.5. The van der Waals surface area contributed by atoms with Crippen molar-refractivity contribution in [2.45, 2.75) is 32.1 Å². The number of aromatic nitrogens is 4. The molecule has 0 N–H and O–H groups in total. The quantitative estimate of drug-likeness (QED) is 0.520. The molecule has 0 aliphatic heterocycles. The molecule has 0 fully saturated rings. The summed E-state index contributed by atoms with van der Waals surface area (Å²) < 4.78 is 7.23. The molecule has 27 heavy (non-hydrogen) atoms. The molecular formula is C21H18N4O2. The molecule has 3 aromatic heterocycles. The van der Waals surface area contributed by atoms with Crippen LogP contribution in [0.1, 0.15) is 40.3 Å². The molecule has 5 rings (SSSR count). The standard InChI is InChI=1S/C21H18N4O2/c26-18(20-16-8-4-5-9-19(16)27-24-20)12-15-10-11-25-13-17(23-21(25)22-15)14-6-2-1-3-7-14/h1-3,6-7,10-11,13H,4-5,8-9,12H2. The van der Waals surface area contributed by atoms with Gasteiger partial charge in [0.1, 0.15) is 5.76 Å². The van der Waals surface area contributed by atoms with Crippen LogP contribution in [-0.4, -0.2) is 25.3 Å². The van der Waals surface area contributed by atoms with E-state index in [2.05, 4.69) is 15.1 Å². The van der Waals surface area contributed by atoms with Gasteiger partial charge in [-0.1, -0.05) is 35.5 Å². The van der Waals surface area contributed by atoms with Crippen LogP contribution in [0.5, 0.6) is 0 Å². The first-order valence-corrected chi connectivity index (χ1v) is 9.18. The van der Waals surface area contributed by atoms with E-state index in [0.717, 1.165) is 48.3 Å². The van der Waals surface area contributed by atoms with Crippen molar-refractivity contribution in [1.29, 1.82) is 0 Å². The van der Waals surface area contributed by atoms with Crippen LogP contribution in [-0.2, 0) is 19.3 Å². The van der Waals surface area contributed by atoms with Crippen LogP contribution in [0.2, 0.25) is 0 Å². The molecule has 0 bridgehead atoms. The summed E-state index contributed by atoms with van der Waals surface area (Å²) >= 11 is 0. The first-order valence-electron chi connectivity index (χ1n) is 9.18. The number of rotatable bonds is 4. The summed E-state index contributed by atoms with van der Waals surface area (Å²) in [6, 6.07) is 11.8. The lowest BCUT2D eigenvalue weighted by atomic mass is 9.94. The van der Waals surface area contributed by atoms with E-state index in [4.69, 9.17) is 4.52 Å². The van der Waals surface area contributed by atoms with Crippen molar-refractivity contribution in [1.82, 2.24) is 19.5 Å². The molecule has 0 spiro atoms. The maximum absolute atomic E-state index is 12.7. The van der Waals surface area contributed by atoms with Crippen molar-refractivity contribution >= 4 is 11.6 Å². The maximum Gasteiger partial charge on any atom is 0.234 e. The van der Waals surface area contributed by atoms with Crippen molar-refractivity contribution in [3.05, 3.63) is 71.5 Å². The van der Waals surface area contributed by atoms with E-state index in [1.807, 2.05) is 53.2 Å². The van der Waals surface area contributed by atoms with Gasteiger partial charge < -0.3 is 4.52 Å². The highest BCUT2D eigenvalue weighted by molar-refractivity contribution is 5.97. The molecule has 3 heterocycles. The molecule has 134 valence electrons. The fourth-order valence-corrected chi connectivity index (χ4v) is 3.61. The lowest BCUT2D eigenvalue weighted by molar-refractivity contribution is 0.0982. The van der Waals surface area contributed by atoms with Crippen LogP contribution < -0.4 is 0 Å². The van der Waals surface area contributed by atoms with Gasteiger partial charge in [0.25, 0.3) is 0 Å². The zero-order chi connectivity index (χ0) is 18.2. The number of Topliss-reactive ketones (excluding diaryl/α,β-unsaturated/α-hetero) is 1. The van der Waals surface area contributed by atoms with Crippen molar-refractivity contribution in [2.75, 3.05) is 0 Å². The molecule has 1 aromatic carbocycles. The van der Waals surface area contributed by atoms with Crippen molar-refractivity contribution in [2.24, 2.45) is 0 Å². The highest BCUT2D eigenvalue weighted by Crippen LogP contribution is 2.25. The van der Waals surface area contributed by atoms with Gasteiger partial charge in [-0.25, -0.2) is 9.97 Å². The Morgan fingerprint density at radius 3 is 2.81 bits per heavy atom. The smallest absolute Gasteiger partial charge is 0.234 e. The summed E-state index contributed by atoms with van der Waals surface area (Å²) in [6.07, 6.45) is 7.94. The number of hydrogen-bond acceptors (Lipinski definition) is 5. The largest absolute Gasteiger partial charge is 0.360 e. The summed E-state index contributed by atoms with van der Waals surface area (Å²) in [5.74, 6) is 1.41. The number of benzene rings is 1. The Balaban J connectivity index is 1.42. The third-order valence-electron chi connectivity index (χ3n) is 5.01. The zero-order valence-electron chi connectivity index (χ0n) is 14.8. The van der Waals surface area contributed by atoms with Crippen LogP contribution in [0.25, 0.3) is 17.0 Å². The van der Waals surface area contributed by atoms with Gasteiger partial charge >= 0.3 is 0 Å². The first kappa shape index (κ1) is 15.9. The van der Waals surface area contributed by atoms with Gasteiger partial charge in [-0.3, -0.25) is 9.20 Å².